The molecule has 14 heavy (non-hydrogen) atoms. The van der Waals surface area contributed by atoms with Gasteiger partial charge in [0.15, 0.2) is 0 Å². The molecule has 74 valence electrons. The van der Waals surface area contributed by atoms with Gasteiger partial charge in [-0.2, -0.15) is 0 Å². The second-order valence-electron chi connectivity index (χ2n) is 2.69. The Morgan fingerprint density at radius 1 is 1.43 bits per heavy atom. The summed E-state index contributed by atoms with van der Waals surface area (Å²) in [5.74, 6) is -1.21. The van der Waals surface area contributed by atoms with Gasteiger partial charge in [-0.15, -0.1) is 0 Å². The van der Waals surface area contributed by atoms with E-state index in [2.05, 4.69) is 22.6 Å². The summed E-state index contributed by atoms with van der Waals surface area (Å²) in [6.45, 7) is 0. The zero-order valence-electron chi connectivity index (χ0n) is 7.16. The molecule has 0 fully saturated rings. The monoisotopic (exact) mass is 305 g/mol. The number of aliphatic carboxylic acids is 1. The molecule has 0 saturated carbocycles. The third kappa shape index (κ3) is 2.99. The van der Waals surface area contributed by atoms with Gasteiger partial charge < -0.3 is 10.3 Å². The Morgan fingerprint density at radius 3 is 2.43 bits per heavy atom. The maximum Gasteiger partial charge on any atom is 0.397 e. The van der Waals surface area contributed by atoms with E-state index in [9.17, 15) is 10.0 Å². The van der Waals surface area contributed by atoms with Crippen LogP contribution < -0.4 is 5.16 Å². The molecule has 0 aliphatic carbocycles. The first-order valence-electron chi connectivity index (χ1n) is 3.85. The molecule has 0 atom stereocenters. The van der Waals surface area contributed by atoms with Crippen molar-refractivity contribution in [2.45, 2.75) is 6.42 Å². The van der Waals surface area contributed by atoms with Crippen molar-refractivity contribution in [3.05, 3.63) is 38.6 Å². The van der Waals surface area contributed by atoms with Gasteiger partial charge >= 0.3 is 5.97 Å². The second kappa shape index (κ2) is 4.94. The molecule has 0 aliphatic rings. The first-order chi connectivity index (χ1) is 6.63. The van der Waals surface area contributed by atoms with Crippen LogP contribution in [0, 0.1) is 8.78 Å². The van der Waals surface area contributed by atoms with Crippen molar-refractivity contribution in [2.75, 3.05) is 0 Å². The Kier molecular flexibility index (Phi) is 3.87. The van der Waals surface area contributed by atoms with E-state index in [4.69, 9.17) is 5.11 Å². The van der Waals surface area contributed by atoms with Crippen molar-refractivity contribution in [1.82, 2.24) is 0 Å². The molecule has 5 heteroatoms. The Hall–Kier alpha value is -1.11. The minimum atomic E-state index is -1.21. The van der Waals surface area contributed by atoms with E-state index < -0.39 is 5.97 Å². The van der Waals surface area contributed by atoms with Gasteiger partial charge in [-0.05, 0) is 40.3 Å². The summed E-state index contributed by atoms with van der Waals surface area (Å²) < 4.78 is 1.07. The summed E-state index contributed by atoms with van der Waals surface area (Å²) in [6.07, 6.45) is 0.121. The second-order valence-corrected chi connectivity index (χ2v) is 3.93. The predicted molar refractivity (Wildman–Crippen MR) is 59.8 cm³/mol. The fraction of sp³-hybridized carbons (Fsp3) is 0.111. The van der Waals surface area contributed by atoms with Crippen molar-refractivity contribution < 1.29 is 15.1 Å². The van der Waals surface area contributed by atoms with Gasteiger partial charge in [-0.3, -0.25) is 0 Å². The highest BCUT2D eigenvalue weighted by Gasteiger charge is 2.14. The van der Waals surface area contributed by atoms with Gasteiger partial charge in [-0.1, -0.05) is 12.1 Å². The van der Waals surface area contributed by atoms with Crippen LogP contribution in [0.5, 0.6) is 0 Å². The Bertz CT molecular complexity index is 359. The van der Waals surface area contributed by atoms with Crippen LogP contribution in [0.4, 0.5) is 0 Å². The van der Waals surface area contributed by atoms with Crippen LogP contribution in [0.25, 0.3) is 0 Å². The Balaban J connectivity index is 2.78. The highest BCUT2D eigenvalue weighted by Crippen LogP contribution is 2.07. The molecule has 4 nitrogen and oxygen atoms in total. The molecule has 0 aliphatic heterocycles. The van der Waals surface area contributed by atoms with Gasteiger partial charge in [-0.25, -0.2) is 9.95 Å². The SMILES string of the molecule is O=C(O)C(Cc1ccc(I)cc1)=[NH+][O-]. The fourth-order valence-electron chi connectivity index (χ4n) is 0.962. The topological polar surface area (TPSA) is 74.3 Å². The van der Waals surface area contributed by atoms with Crippen LogP contribution in [0.2, 0.25) is 0 Å². The van der Waals surface area contributed by atoms with E-state index in [-0.39, 0.29) is 12.1 Å². The van der Waals surface area contributed by atoms with Crippen molar-refractivity contribution in [3.63, 3.8) is 0 Å². The molecule has 1 aromatic rings. The third-order valence-corrected chi connectivity index (χ3v) is 2.39. The number of carbonyl (C=O) groups is 1. The number of nitrogens with one attached hydrogen (secondary N) is 1. The van der Waals surface area contributed by atoms with E-state index in [1.807, 2.05) is 12.1 Å². The van der Waals surface area contributed by atoms with Crippen molar-refractivity contribution >= 4 is 34.3 Å². The quantitative estimate of drug-likeness (QED) is 0.355. The Labute approximate surface area is 94.4 Å². The van der Waals surface area contributed by atoms with Crippen LogP contribution in [0.3, 0.4) is 0 Å². The first kappa shape index (κ1) is 11.0. The van der Waals surface area contributed by atoms with Crippen LogP contribution in [0.1, 0.15) is 5.56 Å². The standard InChI is InChI=1S/C9H8INO3/c10-7-3-1-6(2-4-7)5-8(11-14)9(12)13/h1-4,11H,5H2,(H-,12,13,14). The van der Waals surface area contributed by atoms with Crippen LogP contribution in [-0.4, -0.2) is 16.8 Å². The summed E-state index contributed by atoms with van der Waals surface area (Å²) in [4.78, 5) is 10.5. The summed E-state index contributed by atoms with van der Waals surface area (Å²) >= 11 is 2.15. The zero-order chi connectivity index (χ0) is 10.6. The summed E-state index contributed by atoms with van der Waals surface area (Å²) in [5.41, 5.74) is 0.553. The maximum atomic E-state index is 10.5. The number of carboxylic acids is 1. The molecule has 0 aromatic heterocycles. The van der Waals surface area contributed by atoms with Gasteiger partial charge in [0.25, 0.3) is 5.71 Å². The molecular formula is C9H8INO3. The minimum absolute atomic E-state index is 0.121. The van der Waals surface area contributed by atoms with Gasteiger partial charge in [0, 0.05) is 3.57 Å². The number of hydrogen-bond acceptors (Lipinski definition) is 2. The molecule has 0 unspecified atom stereocenters. The van der Waals surface area contributed by atoms with Crippen LogP contribution in [-0.2, 0) is 11.2 Å². The summed E-state index contributed by atoms with van der Waals surface area (Å²) in [5, 5.41) is 20.3. The molecule has 0 radical (unpaired) electrons. The van der Waals surface area contributed by atoms with Gasteiger partial charge in [0.05, 0.1) is 6.42 Å². The van der Waals surface area contributed by atoms with E-state index in [0.29, 0.717) is 0 Å². The highest BCUT2D eigenvalue weighted by atomic mass is 127. The van der Waals surface area contributed by atoms with Gasteiger partial charge in [0.2, 0.25) is 0 Å². The maximum absolute atomic E-state index is 10.5. The number of halogens is 1. The molecule has 0 heterocycles. The van der Waals surface area contributed by atoms with E-state index in [0.717, 1.165) is 9.13 Å². The van der Waals surface area contributed by atoms with E-state index in [1.165, 1.54) is 5.16 Å². The lowest BCUT2D eigenvalue weighted by molar-refractivity contribution is -0.374. The normalized spacial score (nSPS) is 11.4. The predicted octanol–water partition coefficient (Wildman–Crippen LogP) is -0.0623. The lowest BCUT2D eigenvalue weighted by Crippen LogP contribution is -2.68. The van der Waals surface area contributed by atoms with Gasteiger partial charge in [0.1, 0.15) is 0 Å². The lowest BCUT2D eigenvalue weighted by atomic mass is 10.1. The third-order valence-electron chi connectivity index (χ3n) is 1.68. The number of carboxylic acid groups (broad SMARTS) is 1. The number of rotatable bonds is 3. The smallest absolute Gasteiger partial charge is 0.397 e. The van der Waals surface area contributed by atoms with Crippen LogP contribution >= 0.6 is 22.6 Å². The fourth-order valence-corrected chi connectivity index (χ4v) is 1.32. The minimum Gasteiger partial charge on any atom is -0.625 e. The number of hydrogen-bond donors (Lipinski definition) is 2. The molecule has 2 N–H and O–H groups in total. The molecule has 0 saturated heterocycles. The molecule has 0 bridgehead atoms. The highest BCUT2D eigenvalue weighted by molar-refractivity contribution is 14.1. The summed E-state index contributed by atoms with van der Waals surface area (Å²) in [7, 11) is 0. The molecule has 1 aromatic carbocycles. The largest absolute Gasteiger partial charge is 0.625 e. The average molecular weight is 305 g/mol. The Morgan fingerprint density at radius 2 is 2.00 bits per heavy atom. The van der Waals surface area contributed by atoms with Crippen molar-refractivity contribution in [2.24, 2.45) is 0 Å². The molecular weight excluding hydrogens is 297 g/mol. The molecule has 0 spiro atoms. The van der Waals surface area contributed by atoms with Crippen molar-refractivity contribution in [1.29, 1.82) is 0 Å². The van der Waals surface area contributed by atoms with Crippen LogP contribution in [0.15, 0.2) is 24.3 Å². The zero-order valence-corrected chi connectivity index (χ0v) is 9.32. The average Bonchev–Trinajstić information content (AvgIpc) is 2.16. The van der Waals surface area contributed by atoms with Crippen molar-refractivity contribution in [3.8, 4) is 0 Å². The molecule has 1 rings (SSSR count). The van der Waals surface area contributed by atoms with E-state index in [1.54, 1.807) is 12.1 Å². The molecule has 0 amide bonds. The van der Waals surface area contributed by atoms with E-state index >= 15 is 0 Å². The summed E-state index contributed by atoms with van der Waals surface area (Å²) in [6, 6.07) is 7.31. The lowest BCUT2D eigenvalue weighted by Gasteiger charge is -1.98. The first-order valence-corrected chi connectivity index (χ1v) is 4.93. The number of benzene rings is 1.